The van der Waals surface area contributed by atoms with Crippen LogP contribution in [0.2, 0.25) is 5.02 Å². The highest BCUT2D eigenvalue weighted by Gasteiger charge is 2.32. The van der Waals surface area contributed by atoms with E-state index in [4.69, 9.17) is 11.6 Å². The predicted molar refractivity (Wildman–Crippen MR) is 142 cm³/mol. The van der Waals surface area contributed by atoms with Gasteiger partial charge in [-0.15, -0.1) is 0 Å². The smallest absolute Gasteiger partial charge is 0.264 e. The minimum Gasteiger partial charge on any atom is -0.357 e. The fourth-order valence-corrected chi connectivity index (χ4v) is 5.28. The Labute approximate surface area is 221 Å². The second-order valence-electron chi connectivity index (χ2n) is 8.64. The molecule has 196 valence electrons. The van der Waals surface area contributed by atoms with E-state index in [1.165, 1.54) is 61.3 Å². The van der Waals surface area contributed by atoms with Gasteiger partial charge >= 0.3 is 0 Å². The molecule has 0 aliphatic carbocycles. The van der Waals surface area contributed by atoms with Gasteiger partial charge in [-0.3, -0.25) is 13.9 Å². The summed E-state index contributed by atoms with van der Waals surface area (Å²) in [6, 6.07) is 15.6. The van der Waals surface area contributed by atoms with E-state index in [0.29, 0.717) is 5.02 Å². The third kappa shape index (κ3) is 6.47. The maximum absolute atomic E-state index is 14.5. The Bertz CT molecular complexity index is 1400. The standard InChI is InChI=1S/C27H29ClFN3O4S/c1-18-9-12-23(15-19(18)2)32(37(35,36)24-13-10-22(28)11-14-24)17-26(33)31(20(3)27(34)30-4)16-21-7-5-6-8-25(21)29/h5-15,20H,16-17H2,1-4H3,(H,30,34). The summed E-state index contributed by atoms with van der Waals surface area (Å²) in [6.45, 7) is 4.41. The second-order valence-corrected chi connectivity index (χ2v) is 10.9. The van der Waals surface area contributed by atoms with Crippen molar-refractivity contribution in [3.63, 3.8) is 0 Å². The Balaban J connectivity index is 2.07. The van der Waals surface area contributed by atoms with Gasteiger partial charge in [0.15, 0.2) is 0 Å². The minimum atomic E-state index is -4.21. The highest BCUT2D eigenvalue weighted by molar-refractivity contribution is 7.92. The largest absolute Gasteiger partial charge is 0.357 e. The van der Waals surface area contributed by atoms with Crippen molar-refractivity contribution in [3.8, 4) is 0 Å². The van der Waals surface area contributed by atoms with E-state index in [2.05, 4.69) is 5.32 Å². The van der Waals surface area contributed by atoms with Gasteiger partial charge < -0.3 is 10.2 Å². The molecule has 0 saturated carbocycles. The molecule has 3 aromatic carbocycles. The lowest BCUT2D eigenvalue weighted by Gasteiger charge is -2.32. The zero-order chi connectivity index (χ0) is 27.3. The molecular weight excluding hydrogens is 517 g/mol. The molecule has 7 nitrogen and oxygen atoms in total. The molecule has 37 heavy (non-hydrogen) atoms. The zero-order valence-electron chi connectivity index (χ0n) is 21.0. The van der Waals surface area contributed by atoms with Gasteiger partial charge in [-0.25, -0.2) is 12.8 Å². The molecule has 3 aromatic rings. The Morgan fingerprint density at radius 3 is 2.24 bits per heavy atom. The number of sulfonamides is 1. The molecule has 0 fully saturated rings. The van der Waals surface area contributed by atoms with Gasteiger partial charge in [0.1, 0.15) is 18.4 Å². The van der Waals surface area contributed by atoms with Crippen LogP contribution in [-0.2, 0) is 26.2 Å². The number of amides is 2. The summed E-state index contributed by atoms with van der Waals surface area (Å²) in [5, 5.41) is 2.85. The Morgan fingerprint density at radius 2 is 1.65 bits per heavy atom. The van der Waals surface area contributed by atoms with Crippen LogP contribution in [0.1, 0.15) is 23.6 Å². The molecule has 0 heterocycles. The van der Waals surface area contributed by atoms with Crippen molar-refractivity contribution in [1.29, 1.82) is 0 Å². The first kappa shape index (κ1) is 28.1. The van der Waals surface area contributed by atoms with Gasteiger partial charge in [0.05, 0.1) is 10.6 Å². The predicted octanol–water partition coefficient (Wildman–Crippen LogP) is 4.45. The molecule has 0 bridgehead atoms. The number of carbonyl (C=O) groups is 2. The summed E-state index contributed by atoms with van der Waals surface area (Å²) in [5.41, 5.74) is 2.27. The van der Waals surface area contributed by atoms with Crippen molar-refractivity contribution in [2.45, 2.75) is 38.3 Å². The number of anilines is 1. The molecule has 10 heteroatoms. The van der Waals surface area contributed by atoms with Gasteiger partial charge in [0.2, 0.25) is 11.8 Å². The van der Waals surface area contributed by atoms with Crippen molar-refractivity contribution < 1.29 is 22.4 Å². The summed E-state index contributed by atoms with van der Waals surface area (Å²) in [4.78, 5) is 27.3. The van der Waals surface area contributed by atoms with Crippen LogP contribution in [0.25, 0.3) is 0 Å². The van der Waals surface area contributed by atoms with E-state index in [-0.39, 0.29) is 22.7 Å². The molecular formula is C27H29ClFN3O4S. The van der Waals surface area contributed by atoms with Crippen LogP contribution in [-0.4, -0.2) is 44.8 Å². The molecule has 0 aliphatic rings. The average molecular weight is 546 g/mol. The number of nitrogens with one attached hydrogen (secondary N) is 1. The van der Waals surface area contributed by atoms with Crippen LogP contribution in [0, 0.1) is 19.7 Å². The Morgan fingerprint density at radius 1 is 1.00 bits per heavy atom. The number of likely N-dealkylation sites (N-methyl/N-ethyl adjacent to an activating group) is 1. The maximum Gasteiger partial charge on any atom is 0.264 e. The summed E-state index contributed by atoms with van der Waals surface area (Å²) in [6.07, 6.45) is 0. The van der Waals surface area contributed by atoms with Crippen LogP contribution in [0.4, 0.5) is 10.1 Å². The van der Waals surface area contributed by atoms with Gasteiger partial charge in [0, 0.05) is 24.2 Å². The van der Waals surface area contributed by atoms with E-state index in [1.54, 1.807) is 24.3 Å². The van der Waals surface area contributed by atoms with Crippen LogP contribution in [0.15, 0.2) is 71.6 Å². The number of halogens is 2. The van der Waals surface area contributed by atoms with E-state index >= 15 is 0 Å². The highest BCUT2D eigenvalue weighted by Crippen LogP contribution is 2.27. The van der Waals surface area contributed by atoms with Gasteiger partial charge in [0.25, 0.3) is 10.0 Å². The molecule has 3 rings (SSSR count). The van der Waals surface area contributed by atoms with Crippen LogP contribution < -0.4 is 9.62 Å². The van der Waals surface area contributed by atoms with Gasteiger partial charge in [-0.2, -0.15) is 0 Å². The zero-order valence-corrected chi connectivity index (χ0v) is 22.6. The summed E-state index contributed by atoms with van der Waals surface area (Å²) < 4.78 is 42.9. The van der Waals surface area contributed by atoms with Crippen molar-refractivity contribution in [2.24, 2.45) is 0 Å². The molecule has 0 spiro atoms. The molecule has 0 aliphatic heterocycles. The fraction of sp³-hybridized carbons (Fsp3) is 0.259. The average Bonchev–Trinajstić information content (AvgIpc) is 2.87. The number of carbonyl (C=O) groups excluding carboxylic acids is 2. The SMILES string of the molecule is CNC(=O)C(C)N(Cc1ccccc1F)C(=O)CN(c1ccc(C)c(C)c1)S(=O)(=O)c1ccc(Cl)cc1. The van der Waals surface area contributed by atoms with Gasteiger partial charge in [-0.1, -0.05) is 35.9 Å². The van der Waals surface area contributed by atoms with Crippen molar-refractivity contribution in [1.82, 2.24) is 10.2 Å². The highest BCUT2D eigenvalue weighted by atomic mass is 35.5. The minimum absolute atomic E-state index is 0.0528. The van der Waals surface area contributed by atoms with E-state index in [1.807, 2.05) is 13.8 Å². The lowest BCUT2D eigenvalue weighted by molar-refractivity contribution is -0.139. The summed E-state index contributed by atoms with van der Waals surface area (Å²) in [7, 11) is -2.78. The molecule has 1 atom stereocenters. The van der Waals surface area contributed by atoms with Crippen molar-refractivity contribution in [2.75, 3.05) is 17.9 Å². The summed E-state index contributed by atoms with van der Waals surface area (Å²) >= 11 is 5.95. The van der Waals surface area contributed by atoms with Crippen LogP contribution in [0.3, 0.4) is 0 Å². The van der Waals surface area contributed by atoms with Gasteiger partial charge in [-0.05, 0) is 74.4 Å². The molecule has 2 amide bonds. The Kier molecular flexibility index (Phi) is 8.94. The third-order valence-corrected chi connectivity index (χ3v) is 8.21. The monoisotopic (exact) mass is 545 g/mol. The third-order valence-electron chi connectivity index (χ3n) is 6.17. The molecule has 0 radical (unpaired) electrons. The first-order chi connectivity index (χ1) is 17.4. The number of aryl methyl sites for hydroxylation is 2. The first-order valence-electron chi connectivity index (χ1n) is 11.6. The van der Waals surface area contributed by atoms with Crippen molar-refractivity contribution >= 4 is 39.1 Å². The van der Waals surface area contributed by atoms with Crippen molar-refractivity contribution in [3.05, 3.63) is 94.3 Å². The topological polar surface area (TPSA) is 86.8 Å². The molecule has 0 saturated heterocycles. The van der Waals surface area contributed by atoms with Crippen LogP contribution >= 0.6 is 11.6 Å². The maximum atomic E-state index is 14.5. The Hall–Kier alpha value is -3.43. The number of benzene rings is 3. The quantitative estimate of drug-likeness (QED) is 0.430. The number of rotatable bonds is 9. The molecule has 0 aromatic heterocycles. The fourth-order valence-electron chi connectivity index (χ4n) is 3.74. The van der Waals surface area contributed by atoms with E-state index < -0.39 is 40.2 Å². The van der Waals surface area contributed by atoms with E-state index in [0.717, 1.165) is 15.4 Å². The van der Waals surface area contributed by atoms with E-state index in [9.17, 15) is 22.4 Å². The normalized spacial score (nSPS) is 12.1. The number of hydrogen-bond donors (Lipinski definition) is 1. The lowest BCUT2D eigenvalue weighted by atomic mass is 10.1. The molecule has 1 unspecified atom stereocenters. The summed E-state index contributed by atoms with van der Waals surface area (Å²) in [5.74, 6) is -1.68. The first-order valence-corrected chi connectivity index (χ1v) is 13.4. The second kappa shape index (κ2) is 11.7. The number of hydrogen-bond acceptors (Lipinski definition) is 4. The van der Waals surface area contributed by atoms with Crippen LogP contribution in [0.5, 0.6) is 0 Å². The number of nitrogens with zero attached hydrogens (tertiary/aromatic N) is 2. The molecule has 1 N–H and O–H groups in total. The lowest BCUT2D eigenvalue weighted by Crippen LogP contribution is -2.50.